The van der Waals surface area contributed by atoms with Crippen molar-refractivity contribution in [3.63, 3.8) is 0 Å². The molecule has 0 radical (unpaired) electrons. The first-order chi connectivity index (χ1) is 18.1. The maximum absolute atomic E-state index is 9.56. The molecule has 4 aromatic carbocycles. The molecule has 0 saturated carbocycles. The van der Waals surface area contributed by atoms with E-state index in [1.54, 1.807) is 24.3 Å². The SMILES string of the molecule is Cc1c(O)c(Br)c(Br)c(Br)c1Br.Cc1cc(Br)cc(Br)c1O.Oc1c(Cl)cc(Cl)cc1Cl.Oc1ccccc1. The predicted molar refractivity (Wildman–Crippen MR) is 183 cm³/mol. The highest BCUT2D eigenvalue weighted by molar-refractivity contribution is 9.15. The number of hydrogen-bond donors (Lipinski definition) is 4. The summed E-state index contributed by atoms with van der Waals surface area (Å²) < 4.78 is 4.90. The molecular weight excluding hydrogens is 962 g/mol. The third-order valence-corrected chi connectivity index (χ3v) is 11.2. The largest absolute Gasteiger partial charge is 0.508 e. The molecule has 0 unspecified atom stereocenters. The second kappa shape index (κ2) is 17.7. The quantitative estimate of drug-likeness (QED) is 0.105. The van der Waals surface area contributed by atoms with Crippen LogP contribution >= 0.6 is 130 Å². The molecule has 13 heteroatoms. The van der Waals surface area contributed by atoms with Gasteiger partial charge in [0.2, 0.25) is 0 Å². The van der Waals surface area contributed by atoms with Gasteiger partial charge in [-0.2, -0.15) is 0 Å². The number of para-hydroxylation sites is 1. The van der Waals surface area contributed by atoms with Crippen molar-refractivity contribution in [2.24, 2.45) is 0 Å². The van der Waals surface area contributed by atoms with E-state index in [4.69, 9.17) is 45.0 Å². The summed E-state index contributed by atoms with van der Waals surface area (Å²) in [6, 6.07) is 15.2. The third-order valence-electron chi connectivity index (χ3n) is 4.43. The van der Waals surface area contributed by atoms with Crippen LogP contribution in [0.1, 0.15) is 11.1 Å². The first-order valence-corrected chi connectivity index (χ1v) is 16.2. The molecule has 0 heterocycles. The topological polar surface area (TPSA) is 80.9 Å². The maximum atomic E-state index is 9.56. The molecule has 4 nitrogen and oxygen atoms in total. The van der Waals surface area contributed by atoms with E-state index in [2.05, 4.69) is 95.6 Å². The normalized spacial score (nSPS) is 9.82. The van der Waals surface area contributed by atoms with E-state index >= 15 is 0 Å². The van der Waals surface area contributed by atoms with E-state index in [0.717, 1.165) is 33.5 Å². The van der Waals surface area contributed by atoms with Crippen molar-refractivity contribution in [3.8, 4) is 23.0 Å². The van der Waals surface area contributed by atoms with Gasteiger partial charge in [-0.15, -0.1) is 0 Å². The first kappa shape index (κ1) is 36.9. The number of halogens is 9. The second-order valence-corrected chi connectivity index (χ2v) is 13.5. The minimum absolute atomic E-state index is 0.132. The molecular formula is C26H19Br6Cl3O4. The van der Waals surface area contributed by atoms with E-state index in [1.807, 2.05) is 32.0 Å². The van der Waals surface area contributed by atoms with Crippen LogP contribution in [0.25, 0.3) is 0 Å². The zero-order chi connectivity index (χ0) is 30.0. The summed E-state index contributed by atoms with van der Waals surface area (Å²) in [6.45, 7) is 3.69. The van der Waals surface area contributed by atoms with Gasteiger partial charge in [-0.3, -0.25) is 0 Å². The zero-order valence-corrected chi connectivity index (χ0v) is 31.7. The Morgan fingerprint density at radius 2 is 1.05 bits per heavy atom. The van der Waals surface area contributed by atoms with Crippen molar-refractivity contribution >= 4 is 130 Å². The van der Waals surface area contributed by atoms with Crippen molar-refractivity contribution in [2.45, 2.75) is 13.8 Å². The van der Waals surface area contributed by atoms with Crippen molar-refractivity contribution in [3.05, 3.63) is 108 Å². The zero-order valence-electron chi connectivity index (χ0n) is 19.9. The highest BCUT2D eigenvalue weighted by atomic mass is 79.9. The molecule has 0 amide bonds. The lowest BCUT2D eigenvalue weighted by atomic mass is 10.2. The fraction of sp³-hybridized carbons (Fsp3) is 0.0769. The van der Waals surface area contributed by atoms with Gasteiger partial charge in [0.25, 0.3) is 0 Å². The summed E-state index contributed by atoms with van der Waals surface area (Å²) in [5.41, 5.74) is 1.67. The van der Waals surface area contributed by atoms with E-state index < -0.39 is 0 Å². The van der Waals surface area contributed by atoms with Crippen LogP contribution in [0.4, 0.5) is 0 Å². The van der Waals surface area contributed by atoms with Crippen LogP contribution < -0.4 is 0 Å². The Morgan fingerprint density at radius 3 is 1.49 bits per heavy atom. The molecule has 0 aliphatic carbocycles. The van der Waals surface area contributed by atoms with Crippen molar-refractivity contribution in [1.29, 1.82) is 0 Å². The Balaban J connectivity index is 0.000000264. The number of phenolic OH excluding ortho intramolecular Hbond substituents is 4. The molecule has 210 valence electrons. The number of benzene rings is 4. The summed E-state index contributed by atoms with van der Waals surface area (Å²) in [7, 11) is 0. The van der Waals surface area contributed by atoms with Crippen LogP contribution in [0.15, 0.2) is 81.4 Å². The fourth-order valence-electron chi connectivity index (χ4n) is 2.39. The van der Waals surface area contributed by atoms with Gasteiger partial charge in [-0.25, -0.2) is 0 Å². The molecule has 0 atom stereocenters. The highest BCUT2D eigenvalue weighted by Gasteiger charge is 2.15. The minimum Gasteiger partial charge on any atom is -0.508 e. The maximum Gasteiger partial charge on any atom is 0.152 e. The van der Waals surface area contributed by atoms with E-state index in [0.29, 0.717) is 21.0 Å². The monoisotopic (exact) mass is 974 g/mol. The van der Waals surface area contributed by atoms with Crippen LogP contribution in [0.5, 0.6) is 23.0 Å². The molecule has 4 rings (SSSR count). The molecule has 0 bridgehead atoms. The summed E-state index contributed by atoms with van der Waals surface area (Å²) in [5.74, 6) is 0.746. The summed E-state index contributed by atoms with van der Waals surface area (Å²) >= 11 is 36.4. The van der Waals surface area contributed by atoms with Crippen LogP contribution in [0.2, 0.25) is 15.1 Å². The van der Waals surface area contributed by atoms with E-state index in [1.165, 1.54) is 12.1 Å². The Morgan fingerprint density at radius 1 is 0.564 bits per heavy atom. The number of hydrogen-bond acceptors (Lipinski definition) is 4. The van der Waals surface area contributed by atoms with Gasteiger partial charge in [0.15, 0.2) is 5.75 Å². The predicted octanol–water partition coefficient (Wildman–Crippen LogP) is 12.7. The van der Waals surface area contributed by atoms with Gasteiger partial charge in [0.05, 0.1) is 23.5 Å². The molecule has 0 aliphatic heterocycles. The highest BCUT2D eigenvalue weighted by Crippen LogP contribution is 2.45. The van der Waals surface area contributed by atoms with Gasteiger partial charge in [0.1, 0.15) is 17.2 Å². The number of aromatic hydroxyl groups is 4. The lowest BCUT2D eigenvalue weighted by Gasteiger charge is -2.09. The van der Waals surface area contributed by atoms with Crippen molar-refractivity contribution in [1.82, 2.24) is 0 Å². The standard InChI is InChI=1S/C7H4Br4O.C7H6Br2O.C6H3Cl3O.C6H6O/c1-2-3(8)4(9)5(10)6(11)7(2)12;1-4-2-5(8)3-6(9)7(4)10;7-3-1-4(8)6(10)5(9)2-3;7-6-4-2-1-3-5-6/h12H,1H3;2-3,10H,1H3;1-2,10H;1-5,7H. The number of aryl methyl sites for hydroxylation is 1. The van der Waals surface area contributed by atoms with Crippen LogP contribution in [0.3, 0.4) is 0 Å². The van der Waals surface area contributed by atoms with Gasteiger partial charge in [-0.05, 0) is 135 Å². The molecule has 0 aliphatic rings. The molecule has 4 aromatic rings. The Labute approximate surface area is 292 Å². The molecule has 0 fully saturated rings. The molecule has 0 saturated heterocycles. The summed E-state index contributed by atoms with van der Waals surface area (Å²) in [4.78, 5) is 0. The van der Waals surface area contributed by atoms with Crippen LogP contribution in [0, 0.1) is 13.8 Å². The molecule has 0 aromatic heterocycles. The lowest BCUT2D eigenvalue weighted by Crippen LogP contribution is -1.83. The Hall–Kier alpha value is -0.170. The van der Waals surface area contributed by atoms with Gasteiger partial charge in [-0.1, -0.05) is 68.9 Å². The van der Waals surface area contributed by atoms with Gasteiger partial charge >= 0.3 is 0 Å². The Bertz CT molecular complexity index is 1220. The smallest absolute Gasteiger partial charge is 0.152 e. The van der Waals surface area contributed by atoms with Crippen LogP contribution in [-0.2, 0) is 0 Å². The average Bonchev–Trinajstić information content (AvgIpc) is 2.88. The number of rotatable bonds is 0. The van der Waals surface area contributed by atoms with E-state index in [9.17, 15) is 10.2 Å². The lowest BCUT2D eigenvalue weighted by molar-refractivity contribution is 0.466. The van der Waals surface area contributed by atoms with Crippen LogP contribution in [-0.4, -0.2) is 20.4 Å². The second-order valence-electron chi connectivity index (χ2n) is 7.34. The van der Waals surface area contributed by atoms with Crippen molar-refractivity contribution in [2.75, 3.05) is 0 Å². The van der Waals surface area contributed by atoms with Gasteiger partial charge < -0.3 is 20.4 Å². The summed E-state index contributed by atoms with van der Waals surface area (Å²) in [5, 5.41) is 37.2. The molecule has 0 spiro atoms. The van der Waals surface area contributed by atoms with E-state index in [-0.39, 0.29) is 21.5 Å². The fourth-order valence-corrected chi connectivity index (χ4v) is 6.94. The summed E-state index contributed by atoms with van der Waals surface area (Å²) in [6.07, 6.45) is 0. The Kier molecular flexibility index (Phi) is 16.7. The third kappa shape index (κ3) is 11.9. The molecule has 4 N–H and O–H groups in total. The average molecular weight is 981 g/mol. The number of phenols is 4. The first-order valence-electron chi connectivity index (χ1n) is 10.3. The minimum atomic E-state index is -0.132. The molecule has 39 heavy (non-hydrogen) atoms. The van der Waals surface area contributed by atoms with Crippen molar-refractivity contribution < 1.29 is 20.4 Å². The van der Waals surface area contributed by atoms with Gasteiger partial charge in [0, 0.05) is 24.0 Å².